The van der Waals surface area contributed by atoms with Crippen LogP contribution in [0.3, 0.4) is 0 Å². The molecule has 6 rings (SSSR count). The van der Waals surface area contributed by atoms with E-state index in [1.165, 1.54) is 47.6 Å². The Kier molecular flexibility index (Phi) is 3.27. The van der Waals surface area contributed by atoms with Gasteiger partial charge in [0.05, 0.1) is 5.41 Å². The van der Waals surface area contributed by atoms with Gasteiger partial charge in [0.1, 0.15) is 0 Å². The fourth-order valence-corrected chi connectivity index (χ4v) is 6.89. The predicted molar refractivity (Wildman–Crippen MR) is 116 cm³/mol. The molecule has 0 amide bonds. The van der Waals surface area contributed by atoms with Crippen LogP contribution in [0.1, 0.15) is 22.3 Å². The largest absolute Gasteiger partial charge is 0.0894 e. The van der Waals surface area contributed by atoms with E-state index in [0.29, 0.717) is 0 Å². The van der Waals surface area contributed by atoms with Crippen LogP contribution in [-0.2, 0) is 5.41 Å². The van der Waals surface area contributed by atoms with Gasteiger partial charge < -0.3 is 0 Å². The Morgan fingerprint density at radius 3 is 1.81 bits per heavy atom. The molecule has 2 aliphatic rings. The molecule has 4 aromatic rings. The zero-order chi connectivity index (χ0) is 18.0. The van der Waals surface area contributed by atoms with Crippen LogP contribution in [0.4, 0.5) is 0 Å². The molecule has 0 fully saturated rings. The molecule has 1 heterocycles. The standard InChI is InChI=1S/C25H15BrS/c26-21-13-7-15-23-24(21)25(20-12-5-6-14-22(20)27-23)18-10-3-1-8-16(18)17-9-2-4-11-19(17)25/h1-15H. The topological polar surface area (TPSA) is 0 Å². The molecule has 1 spiro atoms. The molecule has 0 bridgehead atoms. The number of rotatable bonds is 0. The summed E-state index contributed by atoms with van der Waals surface area (Å²) in [6.07, 6.45) is 0. The van der Waals surface area contributed by atoms with E-state index < -0.39 is 0 Å². The lowest BCUT2D eigenvalue weighted by Crippen LogP contribution is -2.32. The molecule has 2 heteroatoms. The summed E-state index contributed by atoms with van der Waals surface area (Å²) in [4.78, 5) is 2.67. The van der Waals surface area contributed by atoms with Gasteiger partial charge in [-0.3, -0.25) is 0 Å². The summed E-state index contributed by atoms with van der Waals surface area (Å²) in [6.45, 7) is 0. The Balaban J connectivity index is 1.88. The number of hydrogen-bond donors (Lipinski definition) is 0. The maximum atomic E-state index is 3.91. The average molecular weight is 427 g/mol. The summed E-state index contributed by atoms with van der Waals surface area (Å²) in [5.41, 5.74) is 7.93. The first-order chi connectivity index (χ1) is 13.3. The van der Waals surface area contributed by atoms with Gasteiger partial charge in [-0.1, -0.05) is 100 Å². The molecule has 0 atom stereocenters. The highest BCUT2D eigenvalue weighted by Gasteiger charge is 2.50. The van der Waals surface area contributed by atoms with E-state index in [-0.39, 0.29) is 5.41 Å². The van der Waals surface area contributed by atoms with Crippen molar-refractivity contribution < 1.29 is 0 Å². The van der Waals surface area contributed by atoms with Crippen LogP contribution in [0.25, 0.3) is 11.1 Å². The van der Waals surface area contributed by atoms with Gasteiger partial charge in [0.25, 0.3) is 0 Å². The molecule has 0 saturated carbocycles. The van der Waals surface area contributed by atoms with Gasteiger partial charge in [0, 0.05) is 14.3 Å². The SMILES string of the molecule is Brc1cccc2c1C1(c3ccccc3S2)c2ccccc2-c2ccccc21. The van der Waals surface area contributed by atoms with Crippen molar-refractivity contribution in [2.45, 2.75) is 15.2 Å². The van der Waals surface area contributed by atoms with Crippen molar-refractivity contribution in [3.05, 3.63) is 118 Å². The number of fused-ring (bicyclic) bond motifs is 9. The second-order valence-corrected chi connectivity index (χ2v) is 8.99. The van der Waals surface area contributed by atoms with Crippen molar-refractivity contribution in [2.75, 3.05) is 0 Å². The molecule has 0 unspecified atom stereocenters. The Labute approximate surface area is 171 Å². The third-order valence-corrected chi connectivity index (χ3v) is 7.61. The fourth-order valence-electron chi connectivity index (χ4n) is 4.87. The second-order valence-electron chi connectivity index (χ2n) is 7.05. The van der Waals surface area contributed by atoms with Crippen molar-refractivity contribution in [2.24, 2.45) is 0 Å². The molecule has 27 heavy (non-hydrogen) atoms. The predicted octanol–water partition coefficient (Wildman–Crippen LogP) is 7.28. The highest BCUT2D eigenvalue weighted by atomic mass is 79.9. The van der Waals surface area contributed by atoms with Crippen molar-refractivity contribution >= 4 is 27.7 Å². The zero-order valence-corrected chi connectivity index (χ0v) is 16.8. The minimum Gasteiger partial charge on any atom is -0.0894 e. The van der Waals surface area contributed by atoms with Gasteiger partial charge in [-0.2, -0.15) is 0 Å². The fraction of sp³-hybridized carbons (Fsp3) is 0.0400. The van der Waals surface area contributed by atoms with Crippen molar-refractivity contribution in [3.8, 4) is 11.1 Å². The van der Waals surface area contributed by atoms with E-state index in [9.17, 15) is 0 Å². The van der Waals surface area contributed by atoms with E-state index in [2.05, 4.69) is 107 Å². The van der Waals surface area contributed by atoms with E-state index >= 15 is 0 Å². The molecule has 128 valence electrons. The lowest BCUT2D eigenvalue weighted by molar-refractivity contribution is 0.717. The molecule has 0 nitrogen and oxygen atoms in total. The first kappa shape index (κ1) is 15.7. The minimum atomic E-state index is -0.273. The third-order valence-electron chi connectivity index (χ3n) is 5.81. The molecule has 0 radical (unpaired) electrons. The highest BCUT2D eigenvalue weighted by Crippen LogP contribution is 2.63. The summed E-state index contributed by atoms with van der Waals surface area (Å²) >= 11 is 5.79. The smallest absolute Gasteiger partial charge is 0.0746 e. The van der Waals surface area contributed by atoms with Crippen LogP contribution in [0.5, 0.6) is 0 Å². The summed E-state index contributed by atoms with van der Waals surface area (Å²) in [5, 5.41) is 0. The summed E-state index contributed by atoms with van der Waals surface area (Å²) in [7, 11) is 0. The molecular weight excluding hydrogens is 412 g/mol. The van der Waals surface area contributed by atoms with Crippen LogP contribution in [0, 0.1) is 0 Å². The molecule has 1 aliphatic heterocycles. The van der Waals surface area contributed by atoms with Crippen LogP contribution in [-0.4, -0.2) is 0 Å². The summed E-state index contributed by atoms with van der Waals surface area (Å²) < 4.78 is 1.17. The molecule has 0 aromatic heterocycles. The monoisotopic (exact) mass is 426 g/mol. The molecular formula is C25H15BrS. The van der Waals surface area contributed by atoms with Crippen molar-refractivity contribution in [1.82, 2.24) is 0 Å². The van der Waals surface area contributed by atoms with Crippen molar-refractivity contribution in [3.63, 3.8) is 0 Å². The second kappa shape index (κ2) is 5.60. The van der Waals surface area contributed by atoms with Gasteiger partial charge in [-0.15, -0.1) is 0 Å². The van der Waals surface area contributed by atoms with Crippen LogP contribution < -0.4 is 0 Å². The highest BCUT2D eigenvalue weighted by molar-refractivity contribution is 9.10. The summed E-state index contributed by atoms with van der Waals surface area (Å²) in [6, 6.07) is 33.3. The van der Waals surface area contributed by atoms with Gasteiger partial charge in [0.15, 0.2) is 0 Å². The molecule has 0 saturated heterocycles. The van der Waals surface area contributed by atoms with Gasteiger partial charge >= 0.3 is 0 Å². The van der Waals surface area contributed by atoms with E-state index in [4.69, 9.17) is 0 Å². The normalized spacial score (nSPS) is 15.0. The van der Waals surface area contributed by atoms with E-state index in [0.717, 1.165) is 0 Å². The number of hydrogen-bond acceptors (Lipinski definition) is 1. The Hall–Kier alpha value is -2.29. The summed E-state index contributed by atoms with van der Waals surface area (Å²) in [5.74, 6) is 0. The van der Waals surface area contributed by atoms with Crippen LogP contribution >= 0.6 is 27.7 Å². The first-order valence-corrected chi connectivity index (χ1v) is 10.7. The van der Waals surface area contributed by atoms with Crippen LogP contribution in [0.15, 0.2) is 105 Å². The maximum absolute atomic E-state index is 3.91. The maximum Gasteiger partial charge on any atom is 0.0746 e. The Morgan fingerprint density at radius 2 is 1.11 bits per heavy atom. The molecule has 0 N–H and O–H groups in total. The number of halogens is 1. The lowest BCUT2D eigenvalue weighted by atomic mass is 9.67. The quantitative estimate of drug-likeness (QED) is 0.246. The number of benzene rings is 4. The average Bonchev–Trinajstić information content (AvgIpc) is 3.00. The third kappa shape index (κ3) is 1.90. The zero-order valence-electron chi connectivity index (χ0n) is 14.4. The van der Waals surface area contributed by atoms with E-state index in [1.807, 2.05) is 11.8 Å². The lowest BCUT2D eigenvalue weighted by Gasteiger charge is -2.40. The minimum absolute atomic E-state index is 0.273. The Bertz CT molecular complexity index is 1180. The Morgan fingerprint density at radius 1 is 0.556 bits per heavy atom. The van der Waals surface area contributed by atoms with Crippen molar-refractivity contribution in [1.29, 1.82) is 0 Å². The van der Waals surface area contributed by atoms with Crippen LogP contribution in [0.2, 0.25) is 0 Å². The first-order valence-electron chi connectivity index (χ1n) is 9.07. The van der Waals surface area contributed by atoms with Gasteiger partial charge in [-0.05, 0) is 51.6 Å². The molecule has 4 aromatic carbocycles. The van der Waals surface area contributed by atoms with Gasteiger partial charge in [0.2, 0.25) is 0 Å². The molecule has 1 aliphatic carbocycles. The van der Waals surface area contributed by atoms with E-state index in [1.54, 1.807) is 0 Å². The van der Waals surface area contributed by atoms with Gasteiger partial charge in [-0.25, -0.2) is 0 Å².